The number of carbonyl (C=O) groups is 2. The number of esters is 1. The molecule has 1 N–H and O–H groups in total. The molecule has 0 aliphatic heterocycles. The number of hydrogen-bond acceptors (Lipinski definition) is 3. The van der Waals surface area contributed by atoms with Gasteiger partial charge in [-0.05, 0) is 55.1 Å². The van der Waals surface area contributed by atoms with Gasteiger partial charge < -0.3 is 10.1 Å². The number of amides is 1. The first-order chi connectivity index (χ1) is 17.4. The number of carbonyl (C=O) groups excluding carboxylic acids is 2. The van der Waals surface area contributed by atoms with Gasteiger partial charge in [-0.25, -0.2) is 4.79 Å². The molecule has 0 aromatic heterocycles. The Hall–Kier alpha value is -3.75. The first kappa shape index (κ1) is 25.3. The Bertz CT molecular complexity index is 1310. The molecule has 1 atom stereocenters. The molecule has 0 aliphatic rings. The molecule has 0 aliphatic carbocycles. The molecule has 4 aromatic carbocycles. The highest BCUT2D eigenvalue weighted by molar-refractivity contribution is 7.80. The zero-order valence-electron chi connectivity index (χ0n) is 20.8. The Morgan fingerprint density at radius 1 is 0.722 bits per heavy atom. The third-order valence-corrected chi connectivity index (χ3v) is 8.79. The van der Waals surface area contributed by atoms with Crippen molar-refractivity contribution in [3.05, 3.63) is 120 Å². The monoisotopic (exact) mass is 495 g/mol. The van der Waals surface area contributed by atoms with Gasteiger partial charge >= 0.3 is 5.97 Å². The Labute approximate surface area is 214 Å². The molecule has 36 heavy (non-hydrogen) atoms. The minimum absolute atomic E-state index is 0.275. The van der Waals surface area contributed by atoms with Gasteiger partial charge in [0.1, 0.15) is 11.8 Å². The second-order valence-electron chi connectivity index (χ2n) is 8.74. The fourth-order valence-corrected chi connectivity index (χ4v) is 6.89. The lowest BCUT2D eigenvalue weighted by Gasteiger charge is -2.25. The largest absolute Gasteiger partial charge is 0.424 e. The van der Waals surface area contributed by atoms with Crippen molar-refractivity contribution in [3.8, 4) is 5.75 Å². The number of aryl methyl sites for hydroxylation is 2. The van der Waals surface area contributed by atoms with Gasteiger partial charge in [0, 0.05) is 18.6 Å². The molecule has 0 bridgehead atoms. The number of benzene rings is 4. The summed E-state index contributed by atoms with van der Waals surface area (Å²) in [4.78, 5) is 25.3. The molecule has 0 saturated heterocycles. The van der Waals surface area contributed by atoms with E-state index in [4.69, 9.17) is 4.74 Å². The summed E-state index contributed by atoms with van der Waals surface area (Å²) in [5.41, 5.74) is 3.32. The van der Waals surface area contributed by atoms with Gasteiger partial charge in [-0.15, -0.1) is 0 Å². The number of para-hydroxylation sites is 1. The number of hydrogen-bond donors (Lipinski definition) is 1. The van der Waals surface area contributed by atoms with Crippen molar-refractivity contribution in [2.75, 3.05) is 0 Å². The summed E-state index contributed by atoms with van der Waals surface area (Å²) in [6.45, 7) is 5.64. The maximum Gasteiger partial charge on any atom is 0.334 e. The lowest BCUT2D eigenvalue weighted by atomic mass is 10.1. The summed E-state index contributed by atoms with van der Waals surface area (Å²) < 4.78 is 6.05. The van der Waals surface area contributed by atoms with E-state index in [9.17, 15) is 9.59 Å². The smallest absolute Gasteiger partial charge is 0.334 e. The van der Waals surface area contributed by atoms with Gasteiger partial charge in [-0.1, -0.05) is 97.1 Å². The summed E-state index contributed by atoms with van der Waals surface area (Å²) in [6, 6.07) is 33.3. The Balaban J connectivity index is 1.73. The highest BCUT2D eigenvalue weighted by Crippen LogP contribution is 2.38. The summed E-state index contributed by atoms with van der Waals surface area (Å²) in [5.74, 6) is -0.238. The van der Waals surface area contributed by atoms with E-state index in [2.05, 4.69) is 55.6 Å². The highest BCUT2D eigenvalue weighted by atomic mass is 31.1. The van der Waals surface area contributed by atoms with Crippen molar-refractivity contribution >= 4 is 35.7 Å². The van der Waals surface area contributed by atoms with E-state index in [1.54, 1.807) is 0 Å². The average Bonchev–Trinajstić information content (AvgIpc) is 2.87. The van der Waals surface area contributed by atoms with Gasteiger partial charge in [0.05, 0.1) is 0 Å². The molecule has 5 heteroatoms. The van der Waals surface area contributed by atoms with Gasteiger partial charge in [0.15, 0.2) is 0 Å². The Kier molecular flexibility index (Phi) is 8.30. The van der Waals surface area contributed by atoms with Crippen LogP contribution in [-0.2, 0) is 16.0 Å². The molecular formula is C31H30NO3P. The molecule has 4 nitrogen and oxygen atoms in total. The number of rotatable bonds is 8. The second kappa shape index (κ2) is 11.8. The van der Waals surface area contributed by atoms with E-state index in [0.29, 0.717) is 12.2 Å². The van der Waals surface area contributed by atoms with Crippen LogP contribution in [0, 0.1) is 13.8 Å². The summed E-state index contributed by atoms with van der Waals surface area (Å²) in [5, 5.41) is 6.17. The zero-order valence-corrected chi connectivity index (χ0v) is 21.7. The molecule has 4 rings (SSSR count). The first-order valence-corrected chi connectivity index (χ1v) is 13.3. The van der Waals surface area contributed by atoms with Crippen LogP contribution in [0.1, 0.15) is 23.6 Å². The predicted molar refractivity (Wildman–Crippen MR) is 148 cm³/mol. The number of nitrogens with one attached hydrogen (secondary N) is 1. The van der Waals surface area contributed by atoms with Gasteiger partial charge in [0.2, 0.25) is 5.91 Å². The maximum atomic E-state index is 13.4. The normalized spacial score (nSPS) is 11.7. The standard InChI is InChI=1S/C31H30NO3P/c1-22-13-7-10-18-28(22)36(29-19-11-8-14-23(29)2)30-20-12-9-17-27(30)35-31(34)26(32-24(3)33)21-25-15-5-4-6-16-25/h4-20,26H,21H2,1-3H3,(H,32,33)/t26-/m0/s1. The molecule has 0 spiro atoms. The molecule has 0 fully saturated rings. The molecular weight excluding hydrogens is 465 g/mol. The van der Waals surface area contributed by atoms with E-state index in [-0.39, 0.29) is 5.91 Å². The molecule has 4 aromatic rings. The van der Waals surface area contributed by atoms with Crippen LogP contribution in [0.15, 0.2) is 103 Å². The molecule has 0 unspecified atom stereocenters. The lowest BCUT2D eigenvalue weighted by Crippen LogP contribution is -2.44. The van der Waals surface area contributed by atoms with E-state index in [1.165, 1.54) is 28.7 Å². The Morgan fingerprint density at radius 3 is 1.78 bits per heavy atom. The van der Waals surface area contributed by atoms with Crippen LogP contribution in [0.2, 0.25) is 0 Å². The summed E-state index contributed by atoms with van der Waals surface area (Å²) >= 11 is 0. The fraction of sp³-hybridized carbons (Fsp3) is 0.161. The van der Waals surface area contributed by atoms with E-state index in [0.717, 1.165) is 10.9 Å². The molecule has 0 radical (unpaired) electrons. The van der Waals surface area contributed by atoms with Crippen molar-refractivity contribution in [1.82, 2.24) is 5.32 Å². The Morgan fingerprint density at radius 2 is 1.22 bits per heavy atom. The molecule has 0 heterocycles. The van der Waals surface area contributed by atoms with Crippen LogP contribution < -0.4 is 26.0 Å². The predicted octanol–water partition coefficient (Wildman–Crippen LogP) is 4.71. The van der Waals surface area contributed by atoms with E-state index >= 15 is 0 Å². The quantitative estimate of drug-likeness (QED) is 0.219. The maximum absolute atomic E-state index is 13.4. The van der Waals surface area contributed by atoms with Crippen molar-refractivity contribution in [3.63, 3.8) is 0 Å². The third kappa shape index (κ3) is 6.08. The van der Waals surface area contributed by atoms with Crippen LogP contribution in [0.25, 0.3) is 0 Å². The topological polar surface area (TPSA) is 55.4 Å². The highest BCUT2D eigenvalue weighted by Gasteiger charge is 2.27. The first-order valence-electron chi connectivity index (χ1n) is 12.0. The second-order valence-corrected chi connectivity index (χ2v) is 10.9. The van der Waals surface area contributed by atoms with E-state index in [1.807, 2.05) is 66.7 Å². The van der Waals surface area contributed by atoms with E-state index < -0.39 is 19.9 Å². The molecule has 0 saturated carbocycles. The molecule has 182 valence electrons. The number of ether oxygens (including phenoxy) is 1. The third-order valence-electron chi connectivity index (χ3n) is 5.97. The van der Waals surface area contributed by atoms with Crippen molar-refractivity contribution in [2.45, 2.75) is 33.2 Å². The minimum Gasteiger partial charge on any atom is -0.424 e. The summed E-state index contributed by atoms with van der Waals surface area (Å²) in [7, 11) is -0.988. The van der Waals surface area contributed by atoms with Crippen LogP contribution in [-0.4, -0.2) is 17.9 Å². The average molecular weight is 496 g/mol. The van der Waals surface area contributed by atoms with Gasteiger partial charge in [-0.3, -0.25) is 4.79 Å². The SMILES string of the molecule is CC(=O)N[C@@H](Cc1ccccc1)C(=O)Oc1ccccc1P(c1ccccc1C)c1ccccc1C. The van der Waals surface area contributed by atoms with Crippen LogP contribution >= 0.6 is 7.92 Å². The minimum atomic E-state index is -0.988. The van der Waals surface area contributed by atoms with Gasteiger partial charge in [-0.2, -0.15) is 0 Å². The van der Waals surface area contributed by atoms with Crippen molar-refractivity contribution < 1.29 is 14.3 Å². The van der Waals surface area contributed by atoms with Crippen LogP contribution in [0.4, 0.5) is 0 Å². The van der Waals surface area contributed by atoms with Crippen molar-refractivity contribution in [1.29, 1.82) is 0 Å². The van der Waals surface area contributed by atoms with Crippen LogP contribution in [0.3, 0.4) is 0 Å². The summed E-state index contributed by atoms with van der Waals surface area (Å²) in [6.07, 6.45) is 0.353. The zero-order chi connectivity index (χ0) is 25.5. The van der Waals surface area contributed by atoms with Crippen LogP contribution in [0.5, 0.6) is 5.75 Å². The van der Waals surface area contributed by atoms with Gasteiger partial charge in [0.25, 0.3) is 0 Å². The molecule has 1 amide bonds. The fourth-order valence-electron chi connectivity index (χ4n) is 4.21. The lowest BCUT2D eigenvalue weighted by molar-refractivity contribution is -0.139. The van der Waals surface area contributed by atoms with Crippen molar-refractivity contribution in [2.24, 2.45) is 0 Å².